The number of halogens is 1. The van der Waals surface area contributed by atoms with Crippen LogP contribution in [0.4, 0.5) is 5.69 Å². The van der Waals surface area contributed by atoms with Crippen LogP contribution in [0.15, 0.2) is 51.8 Å². The Morgan fingerprint density at radius 3 is 2.39 bits per heavy atom. The minimum absolute atomic E-state index is 0.0156. The zero-order valence-corrected chi connectivity index (χ0v) is 14.8. The van der Waals surface area contributed by atoms with E-state index in [0.29, 0.717) is 12.1 Å². The SMILES string of the molecule is Cc1ccc(NS(=O)(=O)c2ccc(CCC(=O)O)cc2)cc1Br. The van der Waals surface area contributed by atoms with E-state index in [1.165, 1.54) is 12.1 Å². The highest BCUT2D eigenvalue weighted by atomic mass is 79.9. The Bertz CT molecular complexity index is 816. The van der Waals surface area contributed by atoms with E-state index >= 15 is 0 Å². The summed E-state index contributed by atoms with van der Waals surface area (Å²) in [5.41, 5.74) is 2.26. The lowest BCUT2D eigenvalue weighted by atomic mass is 10.1. The minimum Gasteiger partial charge on any atom is -0.481 e. The molecule has 0 saturated heterocycles. The first-order valence-corrected chi connectivity index (χ1v) is 9.15. The van der Waals surface area contributed by atoms with Crippen LogP contribution in [-0.2, 0) is 21.2 Å². The van der Waals surface area contributed by atoms with E-state index in [1.807, 2.05) is 13.0 Å². The number of carboxylic acid groups (broad SMARTS) is 1. The number of carboxylic acids is 1. The average Bonchev–Trinajstić information content (AvgIpc) is 2.49. The molecule has 0 unspecified atom stereocenters. The first-order valence-electron chi connectivity index (χ1n) is 6.87. The highest BCUT2D eigenvalue weighted by Gasteiger charge is 2.14. The number of hydrogen-bond acceptors (Lipinski definition) is 3. The van der Waals surface area contributed by atoms with E-state index in [4.69, 9.17) is 5.11 Å². The Morgan fingerprint density at radius 2 is 1.83 bits per heavy atom. The highest BCUT2D eigenvalue weighted by Crippen LogP contribution is 2.23. The number of anilines is 1. The number of carbonyl (C=O) groups is 1. The molecule has 0 aliphatic carbocycles. The van der Waals surface area contributed by atoms with Gasteiger partial charge in [-0.1, -0.05) is 34.1 Å². The third kappa shape index (κ3) is 4.80. The molecule has 2 N–H and O–H groups in total. The predicted octanol–water partition coefficient (Wildman–Crippen LogP) is 3.58. The molecule has 0 aliphatic heterocycles. The summed E-state index contributed by atoms with van der Waals surface area (Å²) in [6.07, 6.45) is 0.385. The molecule has 0 bridgehead atoms. The lowest BCUT2D eigenvalue weighted by Crippen LogP contribution is -2.13. The van der Waals surface area contributed by atoms with Crippen molar-refractivity contribution < 1.29 is 18.3 Å². The van der Waals surface area contributed by atoms with Crippen LogP contribution >= 0.6 is 15.9 Å². The molecule has 0 fully saturated rings. The van der Waals surface area contributed by atoms with E-state index in [9.17, 15) is 13.2 Å². The fourth-order valence-electron chi connectivity index (χ4n) is 1.96. The molecule has 0 amide bonds. The fourth-order valence-corrected chi connectivity index (χ4v) is 3.39. The summed E-state index contributed by atoms with van der Waals surface area (Å²) in [6.45, 7) is 1.91. The summed E-state index contributed by atoms with van der Waals surface area (Å²) in [5, 5.41) is 8.65. The van der Waals surface area contributed by atoms with Crippen LogP contribution in [0.25, 0.3) is 0 Å². The van der Waals surface area contributed by atoms with Gasteiger partial charge in [-0.2, -0.15) is 0 Å². The second-order valence-corrected chi connectivity index (χ2v) is 7.64. The van der Waals surface area contributed by atoms with Crippen LogP contribution in [0.3, 0.4) is 0 Å². The molecule has 0 saturated carbocycles. The van der Waals surface area contributed by atoms with Crippen LogP contribution in [0.2, 0.25) is 0 Å². The van der Waals surface area contributed by atoms with Crippen molar-refractivity contribution in [1.82, 2.24) is 0 Å². The topological polar surface area (TPSA) is 83.5 Å². The Labute approximate surface area is 143 Å². The summed E-state index contributed by atoms with van der Waals surface area (Å²) in [5.74, 6) is -0.881. The smallest absolute Gasteiger partial charge is 0.303 e. The van der Waals surface area contributed by atoms with Gasteiger partial charge in [0.2, 0.25) is 0 Å². The first kappa shape index (κ1) is 17.5. The average molecular weight is 398 g/mol. The molecule has 0 atom stereocenters. The third-order valence-electron chi connectivity index (χ3n) is 3.29. The Morgan fingerprint density at radius 1 is 1.17 bits per heavy atom. The second kappa shape index (κ2) is 7.14. The van der Waals surface area contributed by atoms with Gasteiger partial charge in [-0.05, 0) is 48.7 Å². The molecular formula is C16H16BrNO4S. The lowest BCUT2D eigenvalue weighted by Gasteiger charge is -2.10. The number of nitrogens with one attached hydrogen (secondary N) is 1. The van der Waals surface area contributed by atoms with E-state index in [0.717, 1.165) is 15.6 Å². The number of rotatable bonds is 6. The molecule has 0 aromatic heterocycles. The number of sulfonamides is 1. The monoisotopic (exact) mass is 397 g/mol. The zero-order valence-electron chi connectivity index (χ0n) is 12.4. The van der Waals surface area contributed by atoms with Gasteiger partial charge in [-0.15, -0.1) is 0 Å². The summed E-state index contributed by atoms with van der Waals surface area (Å²) < 4.78 is 28.1. The molecule has 7 heteroatoms. The maximum atomic E-state index is 12.4. The van der Waals surface area contributed by atoms with E-state index in [2.05, 4.69) is 20.7 Å². The van der Waals surface area contributed by atoms with Crippen molar-refractivity contribution in [2.45, 2.75) is 24.7 Å². The van der Waals surface area contributed by atoms with Crippen molar-refractivity contribution >= 4 is 37.6 Å². The zero-order chi connectivity index (χ0) is 17.0. The quantitative estimate of drug-likeness (QED) is 0.779. The van der Waals surface area contributed by atoms with Crippen LogP contribution in [0.5, 0.6) is 0 Å². The van der Waals surface area contributed by atoms with E-state index in [1.54, 1.807) is 24.3 Å². The van der Waals surface area contributed by atoms with Crippen molar-refractivity contribution in [2.24, 2.45) is 0 Å². The van der Waals surface area contributed by atoms with Gasteiger partial charge >= 0.3 is 5.97 Å². The molecular weight excluding hydrogens is 382 g/mol. The number of aryl methyl sites for hydroxylation is 2. The van der Waals surface area contributed by atoms with Gasteiger partial charge in [0.15, 0.2) is 0 Å². The van der Waals surface area contributed by atoms with Crippen LogP contribution in [-0.4, -0.2) is 19.5 Å². The van der Waals surface area contributed by atoms with Crippen LogP contribution in [0, 0.1) is 6.92 Å². The highest BCUT2D eigenvalue weighted by molar-refractivity contribution is 9.10. The number of hydrogen-bond donors (Lipinski definition) is 2. The Hall–Kier alpha value is -1.86. The molecule has 2 aromatic rings. The van der Waals surface area contributed by atoms with Gasteiger partial charge in [0.25, 0.3) is 10.0 Å². The summed E-state index contributed by atoms with van der Waals surface area (Å²) >= 11 is 3.37. The standard InChI is InChI=1S/C16H16BrNO4S/c1-11-2-6-13(10-15(11)17)18-23(21,22)14-7-3-12(4-8-14)5-9-16(19)20/h2-4,6-8,10,18H,5,9H2,1H3,(H,19,20). The third-order valence-corrected chi connectivity index (χ3v) is 5.54. The van der Waals surface area contributed by atoms with Gasteiger partial charge in [0, 0.05) is 16.6 Å². The number of aliphatic carboxylic acids is 1. The molecule has 5 nitrogen and oxygen atoms in total. The first-order chi connectivity index (χ1) is 10.8. The van der Waals surface area contributed by atoms with Crippen molar-refractivity contribution in [1.29, 1.82) is 0 Å². The van der Waals surface area contributed by atoms with Gasteiger partial charge < -0.3 is 5.11 Å². The van der Waals surface area contributed by atoms with Crippen LogP contribution in [0.1, 0.15) is 17.5 Å². The molecule has 122 valence electrons. The van der Waals surface area contributed by atoms with E-state index in [-0.39, 0.29) is 11.3 Å². The van der Waals surface area contributed by atoms with E-state index < -0.39 is 16.0 Å². The fraction of sp³-hybridized carbons (Fsp3) is 0.188. The maximum absolute atomic E-state index is 12.4. The molecule has 0 aliphatic rings. The van der Waals surface area contributed by atoms with Crippen molar-refractivity contribution in [3.8, 4) is 0 Å². The number of benzene rings is 2. The van der Waals surface area contributed by atoms with Crippen LogP contribution < -0.4 is 4.72 Å². The molecule has 2 aromatic carbocycles. The molecule has 23 heavy (non-hydrogen) atoms. The summed E-state index contributed by atoms with van der Waals surface area (Å²) in [6, 6.07) is 11.4. The Balaban J connectivity index is 2.15. The summed E-state index contributed by atoms with van der Waals surface area (Å²) in [4.78, 5) is 10.7. The molecule has 0 spiro atoms. The van der Waals surface area contributed by atoms with Crippen molar-refractivity contribution in [2.75, 3.05) is 4.72 Å². The Kier molecular flexibility index (Phi) is 5.43. The van der Waals surface area contributed by atoms with Gasteiger partial charge in [-0.25, -0.2) is 8.42 Å². The second-order valence-electron chi connectivity index (χ2n) is 5.11. The molecule has 0 radical (unpaired) electrons. The molecule has 0 heterocycles. The normalized spacial score (nSPS) is 11.2. The largest absolute Gasteiger partial charge is 0.481 e. The lowest BCUT2D eigenvalue weighted by molar-refractivity contribution is -0.136. The minimum atomic E-state index is -3.68. The van der Waals surface area contributed by atoms with Gasteiger partial charge in [0.05, 0.1) is 4.90 Å². The van der Waals surface area contributed by atoms with Crippen molar-refractivity contribution in [3.05, 3.63) is 58.1 Å². The summed E-state index contributed by atoms with van der Waals surface area (Å²) in [7, 11) is -3.68. The van der Waals surface area contributed by atoms with Crippen molar-refractivity contribution in [3.63, 3.8) is 0 Å². The van der Waals surface area contributed by atoms with Gasteiger partial charge in [0.1, 0.15) is 0 Å². The molecule has 2 rings (SSSR count). The maximum Gasteiger partial charge on any atom is 0.303 e. The van der Waals surface area contributed by atoms with Gasteiger partial charge in [-0.3, -0.25) is 9.52 Å². The predicted molar refractivity (Wildman–Crippen MR) is 92.1 cm³/mol.